The molecule has 0 aromatic heterocycles. The summed E-state index contributed by atoms with van der Waals surface area (Å²) in [5.74, 6) is -1.91. The fourth-order valence-corrected chi connectivity index (χ4v) is 4.18. The first-order valence-electron chi connectivity index (χ1n) is 12.5. The molecule has 0 bridgehead atoms. The highest BCUT2D eigenvalue weighted by atomic mass is 32.2. The average molecular weight is 539 g/mol. The van der Waals surface area contributed by atoms with Crippen molar-refractivity contribution >= 4 is 35.5 Å². The Bertz CT molecular complexity index is 894. The number of carbonyl (C=O) groups excluding carboxylic acids is 3. The van der Waals surface area contributed by atoms with Gasteiger partial charge in [-0.25, -0.2) is 4.79 Å². The number of amides is 3. The van der Waals surface area contributed by atoms with E-state index in [0.717, 1.165) is 0 Å². The van der Waals surface area contributed by atoms with E-state index >= 15 is 0 Å². The Balaban J connectivity index is 2.99. The second-order valence-corrected chi connectivity index (χ2v) is 11.0. The van der Waals surface area contributed by atoms with Crippen LogP contribution in [0.25, 0.3) is 0 Å². The highest BCUT2D eigenvalue weighted by Gasteiger charge is 2.30. The smallest absolute Gasteiger partial charge is 0.326 e. The number of carboxylic acid groups (broad SMARTS) is 1. The first kappa shape index (κ1) is 32.2. The molecule has 4 unspecified atom stereocenters. The number of phenolic OH excluding ortho intramolecular Hbond substituents is 1. The average Bonchev–Trinajstić information content (AvgIpc) is 2.81. The molecule has 0 spiro atoms. The minimum Gasteiger partial charge on any atom is -0.508 e. The zero-order chi connectivity index (χ0) is 28.1. The van der Waals surface area contributed by atoms with Crippen molar-refractivity contribution in [2.75, 3.05) is 12.0 Å². The topological polar surface area (TPSA) is 171 Å². The van der Waals surface area contributed by atoms with E-state index in [1.807, 2.05) is 34.0 Å². The number of nitrogens with two attached hydrogens (primary N) is 1. The molecule has 1 aromatic rings. The molecule has 0 radical (unpaired) electrons. The summed E-state index contributed by atoms with van der Waals surface area (Å²) in [6, 6.07) is 2.17. The minimum absolute atomic E-state index is 0.00428. The number of aliphatic carboxylic acids is 1. The Hall–Kier alpha value is -2.79. The third-order valence-corrected chi connectivity index (χ3v) is 6.28. The van der Waals surface area contributed by atoms with Crippen LogP contribution in [0.15, 0.2) is 24.3 Å². The Kier molecular flexibility index (Phi) is 14.1. The Morgan fingerprint density at radius 1 is 0.838 bits per heavy atom. The van der Waals surface area contributed by atoms with Gasteiger partial charge >= 0.3 is 5.97 Å². The van der Waals surface area contributed by atoms with Crippen LogP contribution in [-0.2, 0) is 25.6 Å². The third-order valence-electron chi connectivity index (χ3n) is 5.64. The van der Waals surface area contributed by atoms with E-state index in [0.29, 0.717) is 24.2 Å². The summed E-state index contributed by atoms with van der Waals surface area (Å²) < 4.78 is 0. The van der Waals surface area contributed by atoms with Crippen LogP contribution in [0.5, 0.6) is 5.75 Å². The van der Waals surface area contributed by atoms with Gasteiger partial charge in [0.05, 0.1) is 6.04 Å². The molecule has 0 aliphatic carbocycles. The van der Waals surface area contributed by atoms with Gasteiger partial charge in [-0.15, -0.1) is 0 Å². The summed E-state index contributed by atoms with van der Waals surface area (Å²) in [4.78, 5) is 50.7. The number of rotatable bonds is 16. The molecule has 0 aliphatic heterocycles. The van der Waals surface area contributed by atoms with Crippen LogP contribution in [0.3, 0.4) is 0 Å². The van der Waals surface area contributed by atoms with Gasteiger partial charge in [-0.1, -0.05) is 39.8 Å². The SMILES string of the molecule is CSCCC(NC(=O)C(CC(C)C)NC(=O)C(N)CC(C)C)C(=O)NC(Cc1ccc(O)cc1)C(=O)O. The number of benzene rings is 1. The fraction of sp³-hybridized carbons (Fsp3) is 0.615. The molecule has 0 heterocycles. The molecular formula is C26H42N4O6S. The Morgan fingerprint density at radius 3 is 1.86 bits per heavy atom. The van der Waals surface area contributed by atoms with E-state index in [4.69, 9.17) is 5.73 Å². The predicted molar refractivity (Wildman–Crippen MR) is 145 cm³/mol. The number of hydrogen-bond acceptors (Lipinski definition) is 7. The summed E-state index contributed by atoms with van der Waals surface area (Å²) in [6.45, 7) is 7.73. The van der Waals surface area contributed by atoms with Crippen LogP contribution in [0, 0.1) is 11.8 Å². The van der Waals surface area contributed by atoms with Crippen LogP contribution in [-0.4, -0.2) is 70.1 Å². The summed E-state index contributed by atoms with van der Waals surface area (Å²) in [6.07, 6.45) is 2.96. The van der Waals surface area contributed by atoms with Crippen molar-refractivity contribution in [1.29, 1.82) is 0 Å². The van der Waals surface area contributed by atoms with Gasteiger partial charge in [-0.05, 0) is 60.8 Å². The van der Waals surface area contributed by atoms with Crippen LogP contribution < -0.4 is 21.7 Å². The van der Waals surface area contributed by atoms with Crippen LogP contribution in [0.1, 0.15) is 52.5 Å². The van der Waals surface area contributed by atoms with Crippen molar-refractivity contribution in [3.63, 3.8) is 0 Å². The van der Waals surface area contributed by atoms with E-state index in [-0.39, 0.29) is 30.4 Å². The molecule has 0 aliphatic rings. The van der Waals surface area contributed by atoms with Gasteiger partial charge in [-0.2, -0.15) is 11.8 Å². The molecular weight excluding hydrogens is 496 g/mol. The van der Waals surface area contributed by atoms with Crippen LogP contribution in [0.2, 0.25) is 0 Å². The van der Waals surface area contributed by atoms with Gasteiger partial charge in [0.15, 0.2) is 0 Å². The second kappa shape index (κ2) is 16.1. The number of thioether (sulfide) groups is 1. The van der Waals surface area contributed by atoms with E-state index in [9.17, 15) is 29.4 Å². The lowest BCUT2D eigenvalue weighted by Crippen LogP contribution is -2.57. The summed E-state index contributed by atoms with van der Waals surface area (Å²) in [7, 11) is 0. The molecule has 0 saturated heterocycles. The molecule has 208 valence electrons. The first-order valence-corrected chi connectivity index (χ1v) is 13.9. The Labute approximate surface area is 223 Å². The maximum Gasteiger partial charge on any atom is 0.326 e. The number of aromatic hydroxyl groups is 1. The zero-order valence-electron chi connectivity index (χ0n) is 22.3. The second-order valence-electron chi connectivity index (χ2n) is 10.0. The van der Waals surface area contributed by atoms with E-state index < -0.39 is 47.9 Å². The largest absolute Gasteiger partial charge is 0.508 e. The minimum atomic E-state index is -1.23. The van der Waals surface area contributed by atoms with Gasteiger partial charge in [0.25, 0.3) is 0 Å². The van der Waals surface area contributed by atoms with Crippen molar-refractivity contribution in [2.24, 2.45) is 17.6 Å². The van der Waals surface area contributed by atoms with Crippen molar-refractivity contribution in [3.05, 3.63) is 29.8 Å². The van der Waals surface area contributed by atoms with Crippen molar-refractivity contribution in [3.8, 4) is 5.75 Å². The van der Waals surface area contributed by atoms with Gasteiger partial charge in [0, 0.05) is 6.42 Å². The molecule has 0 fully saturated rings. The van der Waals surface area contributed by atoms with Crippen LogP contribution in [0.4, 0.5) is 0 Å². The number of nitrogens with one attached hydrogen (secondary N) is 3. The summed E-state index contributed by atoms with van der Waals surface area (Å²) in [5, 5.41) is 27.1. The van der Waals surface area contributed by atoms with E-state index in [2.05, 4.69) is 16.0 Å². The predicted octanol–water partition coefficient (Wildman–Crippen LogP) is 1.65. The van der Waals surface area contributed by atoms with Gasteiger partial charge in [-0.3, -0.25) is 14.4 Å². The highest BCUT2D eigenvalue weighted by molar-refractivity contribution is 7.98. The Morgan fingerprint density at radius 2 is 1.35 bits per heavy atom. The van der Waals surface area contributed by atoms with Gasteiger partial charge in [0.1, 0.15) is 23.9 Å². The lowest BCUT2D eigenvalue weighted by Gasteiger charge is -2.26. The number of hydrogen-bond donors (Lipinski definition) is 6. The third kappa shape index (κ3) is 12.3. The van der Waals surface area contributed by atoms with Gasteiger partial charge in [0.2, 0.25) is 17.7 Å². The summed E-state index contributed by atoms with van der Waals surface area (Å²) >= 11 is 1.49. The number of carbonyl (C=O) groups is 4. The molecule has 4 atom stereocenters. The normalized spacial score (nSPS) is 14.5. The first-order chi connectivity index (χ1) is 17.3. The molecule has 7 N–H and O–H groups in total. The maximum atomic E-state index is 13.2. The number of carboxylic acids is 1. The number of phenols is 1. The molecule has 0 saturated carbocycles. The van der Waals surface area contributed by atoms with Crippen LogP contribution >= 0.6 is 11.8 Å². The zero-order valence-corrected chi connectivity index (χ0v) is 23.1. The van der Waals surface area contributed by atoms with Crippen molar-refractivity contribution in [1.82, 2.24) is 16.0 Å². The molecule has 1 aromatic carbocycles. The van der Waals surface area contributed by atoms with Gasteiger partial charge < -0.3 is 31.9 Å². The van der Waals surface area contributed by atoms with E-state index in [1.54, 1.807) is 12.1 Å². The van der Waals surface area contributed by atoms with Crippen molar-refractivity contribution in [2.45, 2.75) is 77.5 Å². The van der Waals surface area contributed by atoms with Crippen molar-refractivity contribution < 1.29 is 29.4 Å². The summed E-state index contributed by atoms with van der Waals surface area (Å²) in [5.41, 5.74) is 6.61. The molecule has 11 heteroatoms. The lowest BCUT2D eigenvalue weighted by atomic mass is 10.00. The quantitative estimate of drug-likeness (QED) is 0.184. The molecule has 10 nitrogen and oxygen atoms in total. The standard InChI is InChI=1S/C26H42N4O6S/c1-15(2)12-19(27)23(32)29-21(13-16(3)4)25(34)28-20(10-11-37-5)24(33)30-22(26(35)36)14-17-6-8-18(31)9-7-17/h6-9,15-16,19-22,31H,10-14,27H2,1-5H3,(H,28,34)(H,29,32)(H,30,33)(H,35,36). The lowest BCUT2D eigenvalue weighted by molar-refractivity contribution is -0.142. The fourth-order valence-electron chi connectivity index (χ4n) is 3.71. The monoisotopic (exact) mass is 538 g/mol. The highest BCUT2D eigenvalue weighted by Crippen LogP contribution is 2.13. The molecule has 3 amide bonds. The maximum absolute atomic E-state index is 13.2. The molecule has 1 rings (SSSR count). The van der Waals surface area contributed by atoms with E-state index in [1.165, 1.54) is 23.9 Å². The molecule has 37 heavy (non-hydrogen) atoms.